The lowest BCUT2D eigenvalue weighted by molar-refractivity contribution is -0.0924. The first-order valence-electron chi connectivity index (χ1n) is 5.56. The van der Waals surface area contributed by atoms with E-state index in [0.717, 1.165) is 25.4 Å². The highest BCUT2D eigenvalue weighted by Gasteiger charge is 2.32. The van der Waals surface area contributed by atoms with Crippen molar-refractivity contribution in [1.29, 1.82) is 0 Å². The molecule has 0 radical (unpaired) electrons. The van der Waals surface area contributed by atoms with Crippen molar-refractivity contribution in [2.24, 2.45) is 11.1 Å². The molecule has 0 spiro atoms. The third-order valence-electron chi connectivity index (χ3n) is 2.75. The van der Waals surface area contributed by atoms with E-state index in [1.807, 2.05) is 18.2 Å². The summed E-state index contributed by atoms with van der Waals surface area (Å²) in [5.74, 6) is 0. The number of carbonyl (C=O) groups excluding carboxylic acids is 1. The lowest BCUT2D eigenvalue weighted by Crippen LogP contribution is -2.45. The van der Waals surface area contributed by atoms with E-state index in [0.29, 0.717) is 5.69 Å². The third kappa shape index (κ3) is 3.10. The summed E-state index contributed by atoms with van der Waals surface area (Å²) < 4.78 is 5.19. The molecule has 1 heterocycles. The fourth-order valence-electron chi connectivity index (χ4n) is 1.72. The van der Waals surface area contributed by atoms with E-state index in [1.54, 1.807) is 6.07 Å². The predicted molar refractivity (Wildman–Crippen MR) is 67.1 cm³/mol. The molecule has 2 amide bonds. The van der Waals surface area contributed by atoms with E-state index in [-0.39, 0.29) is 5.41 Å². The van der Waals surface area contributed by atoms with Gasteiger partial charge in [0.05, 0.1) is 13.2 Å². The molecule has 17 heavy (non-hydrogen) atoms. The van der Waals surface area contributed by atoms with Crippen molar-refractivity contribution in [1.82, 2.24) is 0 Å². The molecule has 0 saturated carbocycles. The molecular formula is C12H17N3O2. The van der Waals surface area contributed by atoms with Gasteiger partial charge in [-0.05, 0) is 18.2 Å². The molecule has 1 aliphatic rings. The number of rotatable bonds is 4. The molecule has 4 N–H and O–H groups in total. The monoisotopic (exact) mass is 235 g/mol. The molecular weight excluding hydrogens is 218 g/mol. The lowest BCUT2D eigenvalue weighted by Gasteiger charge is -2.38. The minimum absolute atomic E-state index is 0.215. The van der Waals surface area contributed by atoms with Gasteiger partial charge in [0.25, 0.3) is 0 Å². The van der Waals surface area contributed by atoms with Crippen LogP contribution in [0.3, 0.4) is 0 Å². The van der Waals surface area contributed by atoms with Crippen molar-refractivity contribution in [3.63, 3.8) is 0 Å². The molecule has 0 aromatic heterocycles. The van der Waals surface area contributed by atoms with E-state index in [1.165, 1.54) is 0 Å². The molecule has 1 saturated heterocycles. The second-order valence-electron chi connectivity index (χ2n) is 4.73. The van der Waals surface area contributed by atoms with E-state index >= 15 is 0 Å². The quantitative estimate of drug-likeness (QED) is 0.742. The van der Waals surface area contributed by atoms with Crippen LogP contribution in [0.1, 0.15) is 6.92 Å². The van der Waals surface area contributed by atoms with Crippen LogP contribution < -0.4 is 16.4 Å². The lowest BCUT2D eigenvalue weighted by atomic mass is 9.89. The summed E-state index contributed by atoms with van der Waals surface area (Å²) in [5, 5.41) is 5.87. The molecule has 5 heteroatoms. The van der Waals surface area contributed by atoms with Gasteiger partial charge in [0.1, 0.15) is 0 Å². The van der Waals surface area contributed by atoms with E-state index in [2.05, 4.69) is 17.6 Å². The second-order valence-corrected chi connectivity index (χ2v) is 4.73. The Kier molecular flexibility index (Phi) is 3.19. The molecule has 1 aliphatic heterocycles. The fraction of sp³-hybridized carbons (Fsp3) is 0.417. The Hall–Kier alpha value is -1.75. The number of urea groups is 1. The molecule has 5 nitrogen and oxygen atoms in total. The number of nitrogens with two attached hydrogens (primary N) is 1. The van der Waals surface area contributed by atoms with Gasteiger partial charge in [0, 0.05) is 23.3 Å². The van der Waals surface area contributed by atoms with E-state index in [9.17, 15) is 4.79 Å². The Morgan fingerprint density at radius 2 is 2.18 bits per heavy atom. The summed E-state index contributed by atoms with van der Waals surface area (Å²) in [6, 6.07) is 6.92. The second kappa shape index (κ2) is 4.63. The van der Waals surface area contributed by atoms with Crippen LogP contribution >= 0.6 is 0 Å². The minimum Gasteiger partial charge on any atom is -0.384 e. The minimum atomic E-state index is -0.554. The maximum absolute atomic E-state index is 10.7. The molecule has 0 atom stereocenters. The Morgan fingerprint density at radius 1 is 1.47 bits per heavy atom. The van der Waals surface area contributed by atoms with Gasteiger partial charge in [0.15, 0.2) is 0 Å². The molecule has 1 aromatic carbocycles. The first-order valence-corrected chi connectivity index (χ1v) is 5.56. The van der Waals surface area contributed by atoms with Crippen molar-refractivity contribution < 1.29 is 9.53 Å². The van der Waals surface area contributed by atoms with Crippen molar-refractivity contribution in [3.05, 3.63) is 24.3 Å². The van der Waals surface area contributed by atoms with Crippen molar-refractivity contribution in [2.45, 2.75) is 6.92 Å². The molecule has 2 rings (SSSR count). The topological polar surface area (TPSA) is 76.4 Å². The summed E-state index contributed by atoms with van der Waals surface area (Å²) in [6.07, 6.45) is 0. The number of benzene rings is 1. The average molecular weight is 235 g/mol. The highest BCUT2D eigenvalue weighted by Crippen LogP contribution is 2.27. The number of hydrogen-bond donors (Lipinski definition) is 3. The van der Waals surface area contributed by atoms with Crippen LogP contribution in [0.5, 0.6) is 0 Å². The van der Waals surface area contributed by atoms with Crippen LogP contribution in [-0.2, 0) is 4.74 Å². The normalized spacial score (nSPS) is 17.0. The predicted octanol–water partition coefficient (Wildman–Crippen LogP) is 1.63. The Morgan fingerprint density at radius 3 is 2.76 bits per heavy atom. The van der Waals surface area contributed by atoms with Gasteiger partial charge < -0.3 is 21.1 Å². The van der Waals surface area contributed by atoms with E-state index in [4.69, 9.17) is 10.5 Å². The molecule has 0 aliphatic carbocycles. The van der Waals surface area contributed by atoms with Crippen molar-refractivity contribution in [2.75, 3.05) is 30.4 Å². The zero-order chi connectivity index (χ0) is 12.3. The smallest absolute Gasteiger partial charge is 0.316 e. The van der Waals surface area contributed by atoms with Gasteiger partial charge in [-0.3, -0.25) is 0 Å². The van der Waals surface area contributed by atoms with Gasteiger partial charge in [-0.1, -0.05) is 13.0 Å². The van der Waals surface area contributed by atoms with Gasteiger partial charge in [-0.25, -0.2) is 4.79 Å². The number of ether oxygens (including phenoxy) is 1. The zero-order valence-corrected chi connectivity index (χ0v) is 9.82. The number of carbonyl (C=O) groups is 1. The molecule has 0 bridgehead atoms. The van der Waals surface area contributed by atoms with Crippen molar-refractivity contribution in [3.8, 4) is 0 Å². The average Bonchev–Trinajstić information content (AvgIpc) is 2.23. The van der Waals surface area contributed by atoms with E-state index < -0.39 is 6.03 Å². The summed E-state index contributed by atoms with van der Waals surface area (Å²) >= 11 is 0. The SMILES string of the molecule is CC1(CNc2cccc(NC(N)=O)c2)COC1. The molecule has 92 valence electrons. The number of amides is 2. The summed E-state index contributed by atoms with van der Waals surface area (Å²) in [7, 11) is 0. The first-order chi connectivity index (χ1) is 8.07. The summed E-state index contributed by atoms with van der Waals surface area (Å²) in [5.41, 5.74) is 6.93. The van der Waals surface area contributed by atoms with Crippen LogP contribution in [-0.4, -0.2) is 25.8 Å². The Balaban J connectivity index is 1.93. The van der Waals surface area contributed by atoms with Gasteiger partial charge >= 0.3 is 6.03 Å². The number of anilines is 2. The van der Waals surface area contributed by atoms with Gasteiger partial charge in [-0.15, -0.1) is 0 Å². The van der Waals surface area contributed by atoms with Gasteiger partial charge in [-0.2, -0.15) is 0 Å². The first kappa shape index (κ1) is 11.7. The molecule has 1 fully saturated rings. The van der Waals surface area contributed by atoms with Gasteiger partial charge in [0.2, 0.25) is 0 Å². The fourth-order valence-corrected chi connectivity index (χ4v) is 1.72. The number of primary amides is 1. The standard InChI is InChI=1S/C12H17N3O2/c1-12(7-17-8-12)6-14-9-3-2-4-10(5-9)15-11(13)16/h2-5,14H,6-8H2,1H3,(H3,13,15,16). The Labute approximate surface area is 100 Å². The number of nitrogens with one attached hydrogen (secondary N) is 2. The maximum Gasteiger partial charge on any atom is 0.316 e. The van der Waals surface area contributed by atoms with Crippen LogP contribution in [0.4, 0.5) is 16.2 Å². The maximum atomic E-state index is 10.7. The largest absolute Gasteiger partial charge is 0.384 e. The zero-order valence-electron chi connectivity index (χ0n) is 9.82. The molecule has 1 aromatic rings. The highest BCUT2D eigenvalue weighted by atomic mass is 16.5. The summed E-state index contributed by atoms with van der Waals surface area (Å²) in [4.78, 5) is 10.7. The van der Waals surface area contributed by atoms with Crippen molar-refractivity contribution >= 4 is 17.4 Å². The number of hydrogen-bond acceptors (Lipinski definition) is 3. The highest BCUT2D eigenvalue weighted by molar-refractivity contribution is 5.88. The van der Waals surface area contributed by atoms with Crippen LogP contribution in [0.2, 0.25) is 0 Å². The Bertz CT molecular complexity index is 416. The van der Waals surface area contributed by atoms with Crippen LogP contribution in [0, 0.1) is 5.41 Å². The van der Waals surface area contributed by atoms with Crippen LogP contribution in [0.15, 0.2) is 24.3 Å². The summed E-state index contributed by atoms with van der Waals surface area (Å²) in [6.45, 7) is 4.61. The third-order valence-corrected chi connectivity index (χ3v) is 2.75. The van der Waals surface area contributed by atoms with Crippen LogP contribution in [0.25, 0.3) is 0 Å². The molecule has 0 unspecified atom stereocenters.